The van der Waals surface area contributed by atoms with Gasteiger partial charge in [0, 0.05) is 28.0 Å². The molecule has 0 spiro atoms. The Hall–Kier alpha value is -2.92. The third-order valence-electron chi connectivity index (χ3n) is 6.93. The van der Waals surface area contributed by atoms with Crippen LogP contribution in [0, 0.1) is 0 Å². The minimum atomic E-state index is -4.25. The van der Waals surface area contributed by atoms with Crippen molar-refractivity contribution < 1.29 is 22.7 Å². The average molecular weight is 681 g/mol. The molecule has 0 aliphatic heterocycles. The molecule has 3 aromatic carbocycles. The lowest BCUT2D eigenvalue weighted by molar-refractivity contribution is -0.140. The minimum Gasteiger partial charge on any atom is -0.492 e. The lowest BCUT2D eigenvalue weighted by Gasteiger charge is -2.33. The van der Waals surface area contributed by atoms with Crippen LogP contribution in [0.5, 0.6) is 5.75 Å². The number of carbonyl (C=O) groups is 2. The summed E-state index contributed by atoms with van der Waals surface area (Å²) in [6, 6.07) is 17.2. The summed E-state index contributed by atoms with van der Waals surface area (Å²) in [6.45, 7) is 5.76. The maximum atomic E-state index is 14.3. The van der Waals surface area contributed by atoms with Crippen LogP contribution in [0.25, 0.3) is 0 Å². The largest absolute Gasteiger partial charge is 0.492 e. The van der Waals surface area contributed by atoms with E-state index in [0.717, 1.165) is 22.0 Å². The Morgan fingerprint density at radius 2 is 1.70 bits per heavy atom. The molecule has 12 heteroatoms. The van der Waals surface area contributed by atoms with Gasteiger partial charge >= 0.3 is 0 Å². The van der Waals surface area contributed by atoms with Crippen LogP contribution in [0.3, 0.4) is 0 Å². The van der Waals surface area contributed by atoms with Crippen molar-refractivity contribution in [3.8, 4) is 5.75 Å². The van der Waals surface area contributed by atoms with E-state index in [1.807, 2.05) is 13.2 Å². The van der Waals surface area contributed by atoms with Crippen LogP contribution < -0.4 is 14.4 Å². The quantitative estimate of drug-likeness (QED) is 0.129. The van der Waals surface area contributed by atoms with E-state index in [1.165, 1.54) is 28.8 Å². The monoisotopic (exact) mass is 679 g/mol. The van der Waals surface area contributed by atoms with Crippen LogP contribution in [0.15, 0.2) is 76.5 Å². The first-order chi connectivity index (χ1) is 21.1. The number of halogens is 2. The molecule has 0 aliphatic carbocycles. The number of ether oxygens (including phenoxy) is 1. The van der Waals surface area contributed by atoms with E-state index in [2.05, 4.69) is 5.32 Å². The molecule has 0 aliphatic rings. The van der Waals surface area contributed by atoms with Crippen molar-refractivity contribution in [3.63, 3.8) is 0 Å². The van der Waals surface area contributed by atoms with Gasteiger partial charge in [-0.25, -0.2) is 8.42 Å². The molecule has 3 aromatic rings. The third-order valence-corrected chi connectivity index (χ3v) is 10.0. The molecule has 44 heavy (non-hydrogen) atoms. The summed E-state index contributed by atoms with van der Waals surface area (Å²) in [5.41, 5.74) is 0.780. The van der Waals surface area contributed by atoms with Gasteiger partial charge in [0.1, 0.15) is 18.3 Å². The first-order valence-corrected chi connectivity index (χ1v) is 17.9. The van der Waals surface area contributed by atoms with Gasteiger partial charge in [0.15, 0.2) is 0 Å². The number of nitrogens with one attached hydrogen (secondary N) is 1. The summed E-state index contributed by atoms with van der Waals surface area (Å²) in [6.07, 6.45) is 3.88. The fourth-order valence-electron chi connectivity index (χ4n) is 4.59. The van der Waals surface area contributed by atoms with Crippen molar-refractivity contribution in [2.24, 2.45) is 0 Å². The number of hydrogen-bond donors (Lipinski definition) is 1. The molecule has 0 saturated carbocycles. The molecule has 0 saturated heterocycles. The van der Waals surface area contributed by atoms with E-state index < -0.39 is 28.5 Å². The van der Waals surface area contributed by atoms with E-state index in [0.29, 0.717) is 34.3 Å². The number of amides is 2. The highest BCUT2D eigenvalue weighted by atomic mass is 35.5. The van der Waals surface area contributed by atoms with Crippen LogP contribution in [-0.4, -0.2) is 57.1 Å². The second kappa shape index (κ2) is 17.0. The van der Waals surface area contributed by atoms with E-state index in [1.54, 1.807) is 68.4 Å². The van der Waals surface area contributed by atoms with Crippen molar-refractivity contribution in [2.45, 2.75) is 62.4 Å². The van der Waals surface area contributed by atoms with Crippen LogP contribution in [0.1, 0.15) is 45.6 Å². The van der Waals surface area contributed by atoms with Crippen molar-refractivity contribution in [1.82, 2.24) is 10.2 Å². The van der Waals surface area contributed by atoms with Crippen molar-refractivity contribution in [1.29, 1.82) is 0 Å². The number of nitrogens with zero attached hydrogens (tertiary/aromatic N) is 2. The standard InChI is InChI=1S/C32H39Cl2N3O5S2/c1-5-8-19-35-32(39)28(6-2)36(21-23-13-14-24(33)20-27(23)34)31(38)22-37(29-11-9-10-12-30(29)42-7-3)44(40,41)26-17-15-25(43-4)16-18-26/h9-18,20,28H,5-8,19,21-22H2,1-4H3,(H,35,39)/t28-/m1/s1. The maximum Gasteiger partial charge on any atom is 0.264 e. The van der Waals surface area contributed by atoms with Gasteiger partial charge in [0.25, 0.3) is 10.0 Å². The Labute approximate surface area is 275 Å². The zero-order valence-electron chi connectivity index (χ0n) is 25.4. The summed E-state index contributed by atoms with van der Waals surface area (Å²) in [7, 11) is -4.25. The van der Waals surface area contributed by atoms with Gasteiger partial charge in [-0.05, 0) is 80.1 Å². The molecule has 0 aromatic heterocycles. The topological polar surface area (TPSA) is 96.0 Å². The van der Waals surface area contributed by atoms with E-state index in [-0.39, 0.29) is 29.6 Å². The number of rotatable bonds is 16. The van der Waals surface area contributed by atoms with E-state index in [4.69, 9.17) is 27.9 Å². The van der Waals surface area contributed by atoms with Crippen LogP contribution in [0.4, 0.5) is 5.69 Å². The molecule has 0 unspecified atom stereocenters. The number of unbranched alkanes of at least 4 members (excludes halogenated alkanes) is 1. The number of benzene rings is 3. The fourth-order valence-corrected chi connectivity index (χ4v) is 6.89. The van der Waals surface area contributed by atoms with Crippen molar-refractivity contribution in [2.75, 3.05) is 30.3 Å². The molecule has 1 atom stereocenters. The minimum absolute atomic E-state index is 0.0195. The summed E-state index contributed by atoms with van der Waals surface area (Å²) in [5.74, 6) is -0.593. The molecule has 8 nitrogen and oxygen atoms in total. The van der Waals surface area contributed by atoms with Crippen LogP contribution in [0.2, 0.25) is 10.0 Å². The molecule has 1 N–H and O–H groups in total. The molecule has 0 bridgehead atoms. The van der Waals surface area contributed by atoms with Gasteiger partial charge in [0.05, 0.1) is 17.2 Å². The highest BCUT2D eigenvalue weighted by Crippen LogP contribution is 2.33. The maximum absolute atomic E-state index is 14.3. The molecule has 0 fully saturated rings. The average Bonchev–Trinajstić information content (AvgIpc) is 3.01. The number of sulfonamides is 1. The summed E-state index contributed by atoms with van der Waals surface area (Å²) in [4.78, 5) is 30.0. The molecular weight excluding hydrogens is 641 g/mol. The Balaban J connectivity index is 2.11. The summed E-state index contributed by atoms with van der Waals surface area (Å²) >= 11 is 14.1. The zero-order valence-corrected chi connectivity index (χ0v) is 28.5. The first-order valence-electron chi connectivity index (χ1n) is 14.5. The summed E-state index contributed by atoms with van der Waals surface area (Å²) in [5, 5.41) is 3.68. The smallest absolute Gasteiger partial charge is 0.264 e. The molecule has 0 heterocycles. The second-order valence-electron chi connectivity index (χ2n) is 9.91. The third kappa shape index (κ3) is 9.06. The summed E-state index contributed by atoms with van der Waals surface area (Å²) < 4.78 is 35.3. The predicted molar refractivity (Wildman–Crippen MR) is 179 cm³/mol. The Kier molecular flexibility index (Phi) is 13.7. The first kappa shape index (κ1) is 35.6. The number of hydrogen-bond acceptors (Lipinski definition) is 6. The molecular formula is C32H39Cl2N3O5S2. The van der Waals surface area contributed by atoms with Gasteiger partial charge in [0.2, 0.25) is 11.8 Å². The highest BCUT2D eigenvalue weighted by molar-refractivity contribution is 7.98. The number of anilines is 1. The van der Waals surface area contributed by atoms with E-state index >= 15 is 0 Å². The van der Waals surface area contributed by atoms with Crippen molar-refractivity contribution >= 4 is 62.5 Å². The Bertz CT molecular complexity index is 1520. The molecule has 0 radical (unpaired) electrons. The van der Waals surface area contributed by atoms with Gasteiger partial charge < -0.3 is 15.0 Å². The van der Waals surface area contributed by atoms with Crippen LogP contribution >= 0.6 is 35.0 Å². The van der Waals surface area contributed by atoms with Gasteiger partial charge in [-0.3, -0.25) is 13.9 Å². The Morgan fingerprint density at radius 3 is 2.32 bits per heavy atom. The predicted octanol–water partition coefficient (Wildman–Crippen LogP) is 7.03. The lowest BCUT2D eigenvalue weighted by Crippen LogP contribution is -2.52. The normalized spacial score (nSPS) is 12.0. The van der Waals surface area contributed by atoms with Gasteiger partial charge in [-0.1, -0.05) is 61.7 Å². The number of carbonyl (C=O) groups excluding carboxylic acids is 2. The lowest BCUT2D eigenvalue weighted by atomic mass is 10.1. The Morgan fingerprint density at radius 1 is 1.00 bits per heavy atom. The fraction of sp³-hybridized carbons (Fsp3) is 0.375. The molecule has 238 valence electrons. The number of thioether (sulfide) groups is 1. The van der Waals surface area contributed by atoms with E-state index in [9.17, 15) is 18.0 Å². The number of para-hydroxylation sites is 2. The SMILES string of the molecule is CCCCNC(=O)[C@@H](CC)N(Cc1ccc(Cl)cc1Cl)C(=O)CN(c1ccccc1OCC)S(=O)(=O)c1ccc(SC)cc1. The van der Waals surface area contributed by atoms with Crippen LogP contribution in [-0.2, 0) is 26.2 Å². The molecule has 2 amide bonds. The highest BCUT2D eigenvalue weighted by Gasteiger charge is 2.35. The van der Waals surface area contributed by atoms with Gasteiger partial charge in [-0.15, -0.1) is 11.8 Å². The van der Waals surface area contributed by atoms with Gasteiger partial charge in [-0.2, -0.15) is 0 Å². The molecule has 3 rings (SSSR count). The zero-order chi connectivity index (χ0) is 32.3. The second-order valence-corrected chi connectivity index (χ2v) is 13.5. The van der Waals surface area contributed by atoms with Crippen molar-refractivity contribution in [3.05, 3.63) is 82.3 Å².